The van der Waals surface area contributed by atoms with Crippen molar-refractivity contribution in [1.82, 2.24) is 10.2 Å². The lowest BCUT2D eigenvalue weighted by Gasteiger charge is -2.20. The second kappa shape index (κ2) is 6.02. The van der Waals surface area contributed by atoms with Crippen molar-refractivity contribution in [2.75, 3.05) is 19.6 Å². The molecule has 0 aliphatic heterocycles. The quantitative estimate of drug-likeness (QED) is 0.670. The van der Waals surface area contributed by atoms with Crippen LogP contribution in [0.4, 0.5) is 0 Å². The molecule has 0 saturated heterocycles. The summed E-state index contributed by atoms with van der Waals surface area (Å²) in [6.07, 6.45) is 4.59. The molecule has 0 aromatic rings. The van der Waals surface area contributed by atoms with Gasteiger partial charge in [0.2, 0.25) is 5.91 Å². The molecule has 1 saturated carbocycles. The molecule has 1 fully saturated rings. The van der Waals surface area contributed by atoms with E-state index in [1.807, 2.05) is 0 Å². The van der Waals surface area contributed by atoms with Crippen LogP contribution in [0.15, 0.2) is 0 Å². The van der Waals surface area contributed by atoms with Crippen LogP contribution in [0.3, 0.4) is 0 Å². The van der Waals surface area contributed by atoms with Gasteiger partial charge < -0.3 is 5.32 Å². The molecule has 0 aromatic heterocycles. The molecule has 0 spiro atoms. The summed E-state index contributed by atoms with van der Waals surface area (Å²) < 4.78 is 0. The van der Waals surface area contributed by atoms with Gasteiger partial charge in [0.1, 0.15) is 0 Å². The van der Waals surface area contributed by atoms with Gasteiger partial charge in [-0.25, -0.2) is 0 Å². The number of nitrogens with zero attached hydrogens (tertiary/aromatic N) is 1. The van der Waals surface area contributed by atoms with Crippen LogP contribution in [0.1, 0.15) is 39.5 Å². The molecule has 1 amide bonds. The summed E-state index contributed by atoms with van der Waals surface area (Å²) in [5.41, 5.74) is 0. The van der Waals surface area contributed by atoms with Gasteiger partial charge in [0.05, 0.1) is 6.54 Å². The number of hydrogen-bond acceptors (Lipinski definition) is 2. The van der Waals surface area contributed by atoms with E-state index in [9.17, 15) is 4.79 Å². The lowest BCUT2D eigenvalue weighted by Crippen LogP contribution is -2.38. The first-order chi connectivity index (χ1) is 6.76. The Balaban J connectivity index is 2.17. The van der Waals surface area contributed by atoms with Crippen molar-refractivity contribution < 1.29 is 4.79 Å². The third-order valence-corrected chi connectivity index (χ3v) is 2.39. The third-order valence-electron chi connectivity index (χ3n) is 2.39. The third kappa shape index (κ3) is 4.61. The fraction of sp³-hybridized carbons (Fsp3) is 0.909. The fourth-order valence-electron chi connectivity index (χ4n) is 1.61. The maximum absolute atomic E-state index is 11.5. The van der Waals surface area contributed by atoms with Gasteiger partial charge in [-0.2, -0.15) is 0 Å². The number of hydrogen-bond donors (Lipinski definition) is 1. The Bertz CT molecular complexity index is 172. The average molecular weight is 198 g/mol. The summed E-state index contributed by atoms with van der Waals surface area (Å²) in [6.45, 7) is 6.96. The molecule has 1 aliphatic rings. The molecule has 0 radical (unpaired) electrons. The Labute approximate surface area is 86.9 Å². The van der Waals surface area contributed by atoms with E-state index in [2.05, 4.69) is 24.1 Å². The van der Waals surface area contributed by atoms with Crippen LogP contribution in [-0.4, -0.2) is 36.5 Å². The van der Waals surface area contributed by atoms with Gasteiger partial charge in [0.25, 0.3) is 0 Å². The number of amides is 1. The van der Waals surface area contributed by atoms with Crippen molar-refractivity contribution in [2.24, 2.45) is 0 Å². The van der Waals surface area contributed by atoms with Gasteiger partial charge in [-0.1, -0.05) is 13.8 Å². The van der Waals surface area contributed by atoms with E-state index >= 15 is 0 Å². The second-order valence-corrected chi connectivity index (χ2v) is 4.12. The van der Waals surface area contributed by atoms with Gasteiger partial charge in [-0.15, -0.1) is 0 Å². The van der Waals surface area contributed by atoms with Crippen LogP contribution in [0.2, 0.25) is 0 Å². The minimum Gasteiger partial charge on any atom is -0.352 e. The fourth-order valence-corrected chi connectivity index (χ4v) is 1.61. The Morgan fingerprint density at radius 1 is 1.29 bits per heavy atom. The zero-order chi connectivity index (χ0) is 10.4. The molecule has 1 aliphatic carbocycles. The summed E-state index contributed by atoms with van der Waals surface area (Å²) in [5, 5.41) is 3.02. The molecule has 1 N–H and O–H groups in total. The predicted molar refractivity (Wildman–Crippen MR) is 58.2 cm³/mol. The standard InChI is InChI=1S/C11H22N2O/c1-3-7-13(8-4-2)9-11(14)12-10-5-6-10/h10H,3-9H2,1-2H3,(H,12,14). The molecule has 0 heterocycles. The summed E-state index contributed by atoms with van der Waals surface area (Å²) >= 11 is 0. The first-order valence-electron chi connectivity index (χ1n) is 5.78. The summed E-state index contributed by atoms with van der Waals surface area (Å²) in [7, 11) is 0. The molecule has 3 heteroatoms. The monoisotopic (exact) mass is 198 g/mol. The molecule has 0 aromatic carbocycles. The zero-order valence-corrected chi connectivity index (χ0v) is 9.38. The molecule has 0 unspecified atom stereocenters. The van der Waals surface area contributed by atoms with Gasteiger partial charge in [0.15, 0.2) is 0 Å². The first kappa shape index (κ1) is 11.5. The largest absolute Gasteiger partial charge is 0.352 e. The molecule has 1 rings (SSSR count). The summed E-state index contributed by atoms with van der Waals surface area (Å²) in [4.78, 5) is 13.7. The van der Waals surface area contributed by atoms with E-state index in [-0.39, 0.29) is 5.91 Å². The molecule has 14 heavy (non-hydrogen) atoms. The van der Waals surface area contributed by atoms with Crippen molar-refractivity contribution in [2.45, 2.75) is 45.6 Å². The highest BCUT2D eigenvalue weighted by Gasteiger charge is 2.23. The minimum atomic E-state index is 0.203. The first-order valence-corrected chi connectivity index (χ1v) is 5.78. The van der Waals surface area contributed by atoms with Crippen molar-refractivity contribution in [3.8, 4) is 0 Å². The van der Waals surface area contributed by atoms with Crippen LogP contribution in [-0.2, 0) is 4.79 Å². The van der Waals surface area contributed by atoms with Crippen LogP contribution >= 0.6 is 0 Å². The SMILES string of the molecule is CCCN(CCC)CC(=O)NC1CC1. The molecular formula is C11H22N2O. The number of nitrogens with one attached hydrogen (secondary N) is 1. The van der Waals surface area contributed by atoms with E-state index in [0.717, 1.165) is 25.9 Å². The Morgan fingerprint density at radius 2 is 1.86 bits per heavy atom. The van der Waals surface area contributed by atoms with Gasteiger partial charge in [-0.05, 0) is 38.8 Å². The van der Waals surface area contributed by atoms with E-state index in [1.54, 1.807) is 0 Å². The topological polar surface area (TPSA) is 32.3 Å². The number of rotatable bonds is 7. The Kier molecular flexibility index (Phi) is 4.94. The lowest BCUT2D eigenvalue weighted by atomic mass is 10.3. The lowest BCUT2D eigenvalue weighted by molar-refractivity contribution is -0.122. The van der Waals surface area contributed by atoms with Crippen LogP contribution < -0.4 is 5.32 Å². The minimum absolute atomic E-state index is 0.203. The van der Waals surface area contributed by atoms with Gasteiger partial charge in [0, 0.05) is 6.04 Å². The molecule has 82 valence electrons. The van der Waals surface area contributed by atoms with E-state index < -0.39 is 0 Å². The average Bonchev–Trinajstić information content (AvgIpc) is 2.89. The second-order valence-electron chi connectivity index (χ2n) is 4.12. The molecular weight excluding hydrogens is 176 g/mol. The zero-order valence-electron chi connectivity index (χ0n) is 9.38. The highest BCUT2D eigenvalue weighted by molar-refractivity contribution is 5.78. The van der Waals surface area contributed by atoms with Gasteiger partial charge in [-0.3, -0.25) is 9.69 Å². The van der Waals surface area contributed by atoms with Crippen LogP contribution in [0, 0.1) is 0 Å². The number of carbonyl (C=O) groups excluding carboxylic acids is 1. The van der Waals surface area contributed by atoms with Crippen LogP contribution in [0.5, 0.6) is 0 Å². The smallest absolute Gasteiger partial charge is 0.234 e. The Hall–Kier alpha value is -0.570. The maximum Gasteiger partial charge on any atom is 0.234 e. The summed E-state index contributed by atoms with van der Waals surface area (Å²) in [6, 6.07) is 0.493. The summed E-state index contributed by atoms with van der Waals surface area (Å²) in [5.74, 6) is 0.203. The van der Waals surface area contributed by atoms with Crippen molar-refractivity contribution in [3.05, 3.63) is 0 Å². The number of carbonyl (C=O) groups is 1. The van der Waals surface area contributed by atoms with Crippen molar-refractivity contribution >= 4 is 5.91 Å². The Morgan fingerprint density at radius 3 is 2.29 bits per heavy atom. The normalized spacial score (nSPS) is 15.9. The maximum atomic E-state index is 11.5. The van der Waals surface area contributed by atoms with Gasteiger partial charge >= 0.3 is 0 Å². The molecule has 0 bridgehead atoms. The predicted octanol–water partition coefficient (Wildman–Crippen LogP) is 1.39. The molecule has 3 nitrogen and oxygen atoms in total. The van der Waals surface area contributed by atoms with E-state index in [0.29, 0.717) is 12.6 Å². The molecule has 0 atom stereocenters. The van der Waals surface area contributed by atoms with Crippen LogP contribution in [0.25, 0.3) is 0 Å². The van der Waals surface area contributed by atoms with Crippen molar-refractivity contribution in [1.29, 1.82) is 0 Å². The van der Waals surface area contributed by atoms with Crippen molar-refractivity contribution in [3.63, 3.8) is 0 Å². The highest BCUT2D eigenvalue weighted by Crippen LogP contribution is 2.18. The highest BCUT2D eigenvalue weighted by atomic mass is 16.2. The van der Waals surface area contributed by atoms with E-state index in [4.69, 9.17) is 0 Å². The van der Waals surface area contributed by atoms with E-state index in [1.165, 1.54) is 12.8 Å².